The van der Waals surface area contributed by atoms with Gasteiger partial charge in [0.2, 0.25) is 0 Å². The van der Waals surface area contributed by atoms with Crippen molar-refractivity contribution in [2.75, 3.05) is 0 Å². The molecule has 0 fully saturated rings. The lowest BCUT2D eigenvalue weighted by Crippen LogP contribution is -1.90. The summed E-state index contributed by atoms with van der Waals surface area (Å²) >= 11 is 0. The van der Waals surface area contributed by atoms with Crippen molar-refractivity contribution in [2.24, 2.45) is 0 Å². The third-order valence-corrected chi connectivity index (χ3v) is 7.01. The summed E-state index contributed by atoms with van der Waals surface area (Å²) in [5.41, 5.74) is 5.10. The Morgan fingerprint density at radius 2 is 0.912 bits per heavy atom. The van der Waals surface area contributed by atoms with Crippen LogP contribution in [-0.2, 0) is 0 Å². The number of hydrogen-bond acceptors (Lipinski definition) is 0. The average Bonchev–Trinajstić information content (AvgIpc) is 2.90. The minimum Gasteiger partial charge on any atom is -0.0616 e. The van der Waals surface area contributed by atoms with Crippen LogP contribution in [0, 0.1) is 0 Å². The minimum atomic E-state index is 1.25. The van der Waals surface area contributed by atoms with Crippen molar-refractivity contribution in [1.82, 2.24) is 0 Å². The van der Waals surface area contributed by atoms with Gasteiger partial charge in [0.1, 0.15) is 0 Å². The van der Waals surface area contributed by atoms with E-state index in [1.807, 2.05) is 0 Å². The van der Waals surface area contributed by atoms with Gasteiger partial charge in [-0.1, -0.05) is 115 Å². The Morgan fingerprint density at radius 3 is 1.74 bits per heavy atom. The highest BCUT2D eigenvalue weighted by atomic mass is 14.2. The summed E-state index contributed by atoms with van der Waals surface area (Å²) in [6, 6.07) is 48.7. The summed E-state index contributed by atoms with van der Waals surface area (Å²) < 4.78 is 0. The maximum absolute atomic E-state index is 2.35. The second-order valence-corrected chi connectivity index (χ2v) is 9.00. The molecule has 0 heterocycles. The fourth-order valence-electron chi connectivity index (χ4n) is 5.34. The minimum absolute atomic E-state index is 1.25. The summed E-state index contributed by atoms with van der Waals surface area (Å²) in [5.74, 6) is 0. The Bertz CT molecular complexity index is 1860. The summed E-state index contributed by atoms with van der Waals surface area (Å²) in [7, 11) is 0. The zero-order valence-corrected chi connectivity index (χ0v) is 18.7. The standard InChI is InChI=1S/C34H22/c1-2-10-25-20-29(17-16-23(25)8-1)31-19-18-24-9-5-6-14-30(24)34(31)32-15-7-13-28-21-26-11-3-4-12-27(26)22-33(28)32/h1-22H. The van der Waals surface area contributed by atoms with Gasteiger partial charge in [0.25, 0.3) is 0 Å². The Hall–Kier alpha value is -4.42. The second-order valence-electron chi connectivity index (χ2n) is 9.00. The van der Waals surface area contributed by atoms with E-state index >= 15 is 0 Å². The van der Waals surface area contributed by atoms with Crippen LogP contribution in [0.4, 0.5) is 0 Å². The highest BCUT2D eigenvalue weighted by Crippen LogP contribution is 2.42. The smallest absolute Gasteiger partial charge is 0.00206 e. The van der Waals surface area contributed by atoms with Gasteiger partial charge < -0.3 is 0 Å². The fourth-order valence-corrected chi connectivity index (χ4v) is 5.34. The third kappa shape index (κ3) is 3.00. The van der Waals surface area contributed by atoms with E-state index in [1.165, 1.54) is 65.3 Å². The number of fused-ring (bicyclic) bond motifs is 4. The van der Waals surface area contributed by atoms with Gasteiger partial charge in [0.15, 0.2) is 0 Å². The SMILES string of the molecule is c1ccc2cc(-c3ccc4ccccc4c3-c3cccc4cc5ccccc5cc34)ccc2c1. The first-order chi connectivity index (χ1) is 16.8. The molecule has 0 amide bonds. The molecule has 7 aromatic carbocycles. The van der Waals surface area contributed by atoms with Crippen molar-refractivity contribution in [3.63, 3.8) is 0 Å². The van der Waals surface area contributed by atoms with Crippen molar-refractivity contribution in [1.29, 1.82) is 0 Å². The van der Waals surface area contributed by atoms with Gasteiger partial charge in [-0.25, -0.2) is 0 Å². The first-order valence-electron chi connectivity index (χ1n) is 11.8. The van der Waals surface area contributed by atoms with E-state index in [-0.39, 0.29) is 0 Å². The molecule has 0 bridgehead atoms. The van der Waals surface area contributed by atoms with Crippen molar-refractivity contribution in [3.05, 3.63) is 133 Å². The maximum Gasteiger partial charge on any atom is -0.00206 e. The topological polar surface area (TPSA) is 0 Å². The van der Waals surface area contributed by atoms with Crippen molar-refractivity contribution >= 4 is 43.1 Å². The first kappa shape index (κ1) is 19.1. The zero-order valence-electron chi connectivity index (χ0n) is 18.7. The van der Waals surface area contributed by atoms with Crippen molar-refractivity contribution < 1.29 is 0 Å². The molecule has 0 unspecified atom stereocenters. The van der Waals surface area contributed by atoms with E-state index in [2.05, 4.69) is 133 Å². The van der Waals surface area contributed by atoms with Gasteiger partial charge in [0.05, 0.1) is 0 Å². The predicted molar refractivity (Wildman–Crippen MR) is 147 cm³/mol. The van der Waals surface area contributed by atoms with Gasteiger partial charge >= 0.3 is 0 Å². The third-order valence-electron chi connectivity index (χ3n) is 7.01. The van der Waals surface area contributed by atoms with Gasteiger partial charge in [-0.2, -0.15) is 0 Å². The Balaban J connectivity index is 1.59. The Labute approximate surface area is 198 Å². The van der Waals surface area contributed by atoms with E-state index in [0.717, 1.165) is 0 Å². The molecule has 0 N–H and O–H groups in total. The molecule has 0 saturated carbocycles. The highest BCUT2D eigenvalue weighted by Gasteiger charge is 2.15. The Morgan fingerprint density at radius 1 is 0.294 bits per heavy atom. The lowest BCUT2D eigenvalue weighted by molar-refractivity contribution is 1.65. The molecule has 0 spiro atoms. The largest absolute Gasteiger partial charge is 0.0616 e. The van der Waals surface area contributed by atoms with E-state index in [4.69, 9.17) is 0 Å². The fraction of sp³-hybridized carbons (Fsp3) is 0. The van der Waals surface area contributed by atoms with Crippen LogP contribution in [0.25, 0.3) is 65.3 Å². The van der Waals surface area contributed by atoms with E-state index in [1.54, 1.807) is 0 Å². The molecule has 0 aliphatic rings. The molecule has 0 atom stereocenters. The molecular formula is C34H22. The van der Waals surface area contributed by atoms with Crippen LogP contribution >= 0.6 is 0 Å². The summed E-state index contributed by atoms with van der Waals surface area (Å²) in [6.07, 6.45) is 0. The molecule has 0 heteroatoms. The number of hydrogen-bond donors (Lipinski definition) is 0. The molecule has 0 aromatic heterocycles. The summed E-state index contributed by atoms with van der Waals surface area (Å²) in [6.45, 7) is 0. The molecule has 0 radical (unpaired) electrons. The quantitative estimate of drug-likeness (QED) is 0.239. The highest BCUT2D eigenvalue weighted by molar-refractivity contribution is 6.13. The molecular weight excluding hydrogens is 408 g/mol. The molecule has 34 heavy (non-hydrogen) atoms. The van der Waals surface area contributed by atoms with Crippen LogP contribution < -0.4 is 0 Å². The Kier molecular flexibility index (Phi) is 4.25. The van der Waals surface area contributed by atoms with E-state index in [0.29, 0.717) is 0 Å². The predicted octanol–water partition coefficient (Wildman–Crippen LogP) is 9.63. The van der Waals surface area contributed by atoms with Crippen LogP contribution in [-0.4, -0.2) is 0 Å². The van der Waals surface area contributed by atoms with Gasteiger partial charge in [-0.3, -0.25) is 0 Å². The van der Waals surface area contributed by atoms with Crippen LogP contribution in [0.15, 0.2) is 133 Å². The molecule has 158 valence electrons. The maximum atomic E-state index is 2.35. The number of benzene rings is 7. The average molecular weight is 431 g/mol. The number of rotatable bonds is 2. The summed E-state index contributed by atoms with van der Waals surface area (Å²) in [5, 5.41) is 10.2. The van der Waals surface area contributed by atoms with Crippen molar-refractivity contribution in [2.45, 2.75) is 0 Å². The van der Waals surface area contributed by atoms with Gasteiger partial charge in [0, 0.05) is 0 Å². The van der Waals surface area contributed by atoms with Crippen LogP contribution in [0.1, 0.15) is 0 Å². The molecule has 0 nitrogen and oxygen atoms in total. The lowest BCUT2D eigenvalue weighted by Gasteiger charge is -2.17. The van der Waals surface area contributed by atoms with E-state index < -0.39 is 0 Å². The lowest BCUT2D eigenvalue weighted by atomic mass is 9.86. The first-order valence-corrected chi connectivity index (χ1v) is 11.8. The molecule has 0 aliphatic carbocycles. The second kappa shape index (κ2) is 7.57. The summed E-state index contributed by atoms with van der Waals surface area (Å²) in [4.78, 5) is 0. The molecule has 0 saturated heterocycles. The normalized spacial score (nSPS) is 11.5. The van der Waals surface area contributed by atoms with E-state index in [9.17, 15) is 0 Å². The van der Waals surface area contributed by atoms with Crippen LogP contribution in [0.2, 0.25) is 0 Å². The van der Waals surface area contributed by atoms with Gasteiger partial charge in [-0.15, -0.1) is 0 Å². The molecule has 7 aromatic rings. The van der Waals surface area contributed by atoms with Crippen LogP contribution in [0.3, 0.4) is 0 Å². The van der Waals surface area contributed by atoms with Gasteiger partial charge in [-0.05, 0) is 83.5 Å². The van der Waals surface area contributed by atoms with Crippen LogP contribution in [0.5, 0.6) is 0 Å². The molecule has 7 rings (SSSR count). The monoisotopic (exact) mass is 430 g/mol. The van der Waals surface area contributed by atoms with Crippen molar-refractivity contribution in [3.8, 4) is 22.3 Å². The molecule has 0 aliphatic heterocycles. The zero-order chi connectivity index (χ0) is 22.5.